The van der Waals surface area contributed by atoms with Gasteiger partial charge in [0.15, 0.2) is 0 Å². The first-order valence-electron chi connectivity index (χ1n) is 9.10. The van der Waals surface area contributed by atoms with Gasteiger partial charge in [0, 0.05) is 16.8 Å². The second-order valence-electron chi connectivity index (χ2n) is 6.95. The van der Waals surface area contributed by atoms with Crippen molar-refractivity contribution in [3.8, 4) is 0 Å². The smallest absolute Gasteiger partial charge is 0.251 e. The molecule has 2 aliphatic rings. The van der Waals surface area contributed by atoms with Crippen LogP contribution < -0.4 is 16.2 Å². The third-order valence-corrected chi connectivity index (χ3v) is 6.43. The van der Waals surface area contributed by atoms with Crippen molar-refractivity contribution in [3.63, 3.8) is 0 Å². The highest BCUT2D eigenvalue weighted by Crippen LogP contribution is 2.37. The molecule has 140 valence electrons. The normalized spacial score (nSPS) is 22.8. The van der Waals surface area contributed by atoms with E-state index in [1.807, 2.05) is 6.08 Å². The zero-order valence-electron chi connectivity index (χ0n) is 14.6. The number of aryl methyl sites for hydroxylation is 1. The molecule has 7 heteroatoms. The number of aliphatic carboxylic acids is 1. The summed E-state index contributed by atoms with van der Waals surface area (Å²) in [5, 5.41) is 14.6. The molecule has 0 radical (unpaired) electrons. The summed E-state index contributed by atoms with van der Waals surface area (Å²) in [5.74, 6) is -3.70. The Bertz CT molecular complexity index is 753. The number of anilines is 1. The Balaban J connectivity index is 1.88. The van der Waals surface area contributed by atoms with Gasteiger partial charge in [-0.3, -0.25) is 9.59 Å². The fraction of sp³-hybridized carbons (Fsp3) is 0.526. The van der Waals surface area contributed by atoms with Crippen molar-refractivity contribution in [1.29, 1.82) is 0 Å². The number of nitrogens with two attached hydrogens (primary N) is 1. The number of carboxylic acids is 1. The maximum atomic E-state index is 12.7. The van der Waals surface area contributed by atoms with E-state index < -0.39 is 23.7 Å². The first-order chi connectivity index (χ1) is 12.5. The van der Waals surface area contributed by atoms with Crippen LogP contribution in [0.5, 0.6) is 0 Å². The van der Waals surface area contributed by atoms with Gasteiger partial charge in [-0.2, -0.15) is 0 Å². The summed E-state index contributed by atoms with van der Waals surface area (Å²) < 4.78 is 0. The molecule has 0 aliphatic heterocycles. The van der Waals surface area contributed by atoms with Crippen molar-refractivity contribution in [2.24, 2.45) is 17.6 Å². The summed E-state index contributed by atoms with van der Waals surface area (Å²) in [6.07, 6.45) is 10.2. The molecule has 0 spiro atoms. The van der Waals surface area contributed by atoms with Crippen molar-refractivity contribution >= 4 is 34.1 Å². The van der Waals surface area contributed by atoms with Gasteiger partial charge >= 0.3 is 0 Å². The van der Waals surface area contributed by atoms with E-state index in [1.165, 1.54) is 11.3 Å². The molecule has 3 rings (SSSR count). The van der Waals surface area contributed by atoms with Gasteiger partial charge in [0.2, 0.25) is 5.91 Å². The van der Waals surface area contributed by atoms with Crippen LogP contribution in [0.2, 0.25) is 0 Å². The molecule has 0 aromatic carbocycles. The van der Waals surface area contributed by atoms with Gasteiger partial charge in [0.1, 0.15) is 5.00 Å². The van der Waals surface area contributed by atoms with Crippen LogP contribution in [0.4, 0.5) is 5.00 Å². The van der Waals surface area contributed by atoms with E-state index in [0.29, 0.717) is 17.0 Å². The summed E-state index contributed by atoms with van der Waals surface area (Å²) in [6.45, 7) is 0. The summed E-state index contributed by atoms with van der Waals surface area (Å²) in [7, 11) is 0. The lowest BCUT2D eigenvalue weighted by Crippen LogP contribution is -2.41. The lowest BCUT2D eigenvalue weighted by atomic mass is 9.82. The lowest BCUT2D eigenvalue weighted by molar-refractivity contribution is -0.313. The largest absolute Gasteiger partial charge is 0.550 e. The van der Waals surface area contributed by atoms with Gasteiger partial charge in [-0.1, -0.05) is 25.0 Å². The number of allylic oxidation sites excluding steroid dienone is 2. The number of fused-ring (bicyclic) bond motifs is 1. The van der Waals surface area contributed by atoms with E-state index in [2.05, 4.69) is 5.32 Å². The van der Waals surface area contributed by atoms with Crippen LogP contribution in [0.3, 0.4) is 0 Å². The first kappa shape index (κ1) is 18.6. The number of amides is 2. The Morgan fingerprint density at radius 3 is 2.35 bits per heavy atom. The minimum Gasteiger partial charge on any atom is -0.550 e. The highest BCUT2D eigenvalue weighted by atomic mass is 32.1. The van der Waals surface area contributed by atoms with E-state index in [4.69, 9.17) is 5.73 Å². The van der Waals surface area contributed by atoms with E-state index in [1.54, 1.807) is 6.08 Å². The van der Waals surface area contributed by atoms with Crippen molar-refractivity contribution in [1.82, 2.24) is 0 Å². The topological polar surface area (TPSA) is 112 Å². The molecular formula is C19H23N2O4S-. The fourth-order valence-electron chi connectivity index (χ4n) is 3.84. The van der Waals surface area contributed by atoms with Crippen LogP contribution >= 0.6 is 11.3 Å². The molecule has 1 aromatic rings. The third kappa shape index (κ3) is 3.82. The van der Waals surface area contributed by atoms with Crippen LogP contribution in [0, 0.1) is 11.8 Å². The Morgan fingerprint density at radius 1 is 1.04 bits per heavy atom. The summed E-state index contributed by atoms with van der Waals surface area (Å²) in [5.41, 5.74) is 6.96. The standard InChI is InChI=1S/C19H24N2O4S/c20-16(22)15-13-9-3-1-2-4-10-14(13)26-18(15)21-17(23)11-7-5-6-8-12(11)19(24)25/h5-6,11-12H,1-4,7-10H2,(H2,20,22)(H,21,23)(H,24,25)/p-1. The zero-order valence-corrected chi connectivity index (χ0v) is 15.4. The molecule has 0 saturated heterocycles. The van der Waals surface area contributed by atoms with Crippen LogP contribution in [0.15, 0.2) is 12.2 Å². The number of nitrogens with one attached hydrogen (secondary N) is 1. The predicted molar refractivity (Wildman–Crippen MR) is 97.7 cm³/mol. The molecule has 0 saturated carbocycles. The summed E-state index contributed by atoms with van der Waals surface area (Å²) in [6, 6.07) is 0. The van der Waals surface area contributed by atoms with Crippen LogP contribution in [0.25, 0.3) is 0 Å². The van der Waals surface area contributed by atoms with Crippen molar-refractivity contribution in [2.75, 3.05) is 5.32 Å². The molecule has 1 heterocycles. The van der Waals surface area contributed by atoms with Crippen molar-refractivity contribution < 1.29 is 19.5 Å². The van der Waals surface area contributed by atoms with Crippen molar-refractivity contribution in [2.45, 2.75) is 51.4 Å². The van der Waals surface area contributed by atoms with Crippen LogP contribution in [-0.4, -0.2) is 17.8 Å². The second kappa shape index (κ2) is 8.03. The van der Waals surface area contributed by atoms with Gasteiger partial charge in [-0.15, -0.1) is 11.3 Å². The molecule has 2 atom stereocenters. The number of carbonyl (C=O) groups excluding carboxylic acids is 3. The number of thiophene rings is 1. The number of rotatable bonds is 4. The van der Waals surface area contributed by atoms with Gasteiger partial charge in [-0.05, 0) is 44.1 Å². The molecular weight excluding hydrogens is 352 g/mol. The number of hydrogen-bond acceptors (Lipinski definition) is 5. The maximum Gasteiger partial charge on any atom is 0.251 e. The SMILES string of the molecule is NC(=O)c1c(NC(=O)C2CC=CCC2C(=O)[O-])sc2c1CCCCCC2. The number of primary amides is 1. The van der Waals surface area contributed by atoms with E-state index >= 15 is 0 Å². The second-order valence-corrected chi connectivity index (χ2v) is 8.06. The lowest BCUT2D eigenvalue weighted by Gasteiger charge is -2.28. The molecule has 2 unspecified atom stereocenters. The van der Waals surface area contributed by atoms with E-state index in [9.17, 15) is 19.5 Å². The van der Waals surface area contributed by atoms with Crippen molar-refractivity contribution in [3.05, 3.63) is 28.2 Å². The molecule has 0 bridgehead atoms. The number of carbonyl (C=O) groups is 3. The zero-order chi connectivity index (χ0) is 18.7. The summed E-state index contributed by atoms with van der Waals surface area (Å²) >= 11 is 1.40. The van der Waals surface area contributed by atoms with Crippen LogP contribution in [-0.2, 0) is 22.4 Å². The highest BCUT2D eigenvalue weighted by molar-refractivity contribution is 7.17. The van der Waals surface area contributed by atoms with Gasteiger partial charge < -0.3 is 21.0 Å². The average Bonchev–Trinajstić information content (AvgIpc) is 2.91. The minimum atomic E-state index is -1.22. The highest BCUT2D eigenvalue weighted by Gasteiger charge is 2.32. The van der Waals surface area contributed by atoms with E-state index in [0.717, 1.165) is 49.0 Å². The maximum absolute atomic E-state index is 12.7. The Hall–Kier alpha value is -2.15. The van der Waals surface area contributed by atoms with Crippen LogP contribution in [0.1, 0.15) is 59.3 Å². The van der Waals surface area contributed by atoms with Gasteiger partial charge in [-0.25, -0.2) is 0 Å². The Labute approximate surface area is 156 Å². The Morgan fingerprint density at radius 2 is 1.69 bits per heavy atom. The number of carboxylic acid groups (broad SMARTS) is 1. The molecule has 2 aliphatic carbocycles. The quantitative estimate of drug-likeness (QED) is 0.781. The molecule has 6 nitrogen and oxygen atoms in total. The first-order valence-corrected chi connectivity index (χ1v) is 9.91. The molecule has 2 amide bonds. The molecule has 26 heavy (non-hydrogen) atoms. The Kier molecular flexibility index (Phi) is 5.76. The average molecular weight is 375 g/mol. The summed E-state index contributed by atoms with van der Waals surface area (Å²) in [4.78, 5) is 37.2. The van der Waals surface area contributed by atoms with Gasteiger partial charge in [0.25, 0.3) is 5.91 Å². The fourth-order valence-corrected chi connectivity index (χ4v) is 5.13. The molecule has 3 N–H and O–H groups in total. The number of hydrogen-bond donors (Lipinski definition) is 2. The molecule has 1 aromatic heterocycles. The van der Waals surface area contributed by atoms with Gasteiger partial charge in [0.05, 0.1) is 11.5 Å². The van der Waals surface area contributed by atoms with E-state index in [-0.39, 0.29) is 12.3 Å². The third-order valence-electron chi connectivity index (χ3n) is 5.23. The predicted octanol–water partition coefficient (Wildman–Crippen LogP) is 1.78. The molecule has 0 fully saturated rings. The monoisotopic (exact) mass is 375 g/mol. The minimum absolute atomic E-state index is 0.282.